The van der Waals surface area contributed by atoms with Gasteiger partial charge in [-0.1, -0.05) is 35.9 Å². The van der Waals surface area contributed by atoms with Gasteiger partial charge in [-0.3, -0.25) is 0 Å². The van der Waals surface area contributed by atoms with E-state index in [2.05, 4.69) is 65.0 Å². The molecule has 0 amide bonds. The van der Waals surface area contributed by atoms with E-state index < -0.39 is 0 Å². The average Bonchev–Trinajstić information content (AvgIpc) is 2.23. The van der Waals surface area contributed by atoms with Crippen LogP contribution in [0.4, 0.5) is 0 Å². The summed E-state index contributed by atoms with van der Waals surface area (Å²) in [6, 6.07) is 4.37. The summed E-state index contributed by atoms with van der Waals surface area (Å²) in [5.41, 5.74) is 6.75. The Hall–Kier alpha value is -1.30. The standard InChI is InChI=1S/C15H20/c1-6-11(2)7-10-15-13(4)9-8-12(3)14(15)5/h6-10H,1-5H3/b10-7-,11-6+. The summed E-state index contributed by atoms with van der Waals surface area (Å²) in [6.45, 7) is 10.7. The average molecular weight is 200 g/mol. The van der Waals surface area contributed by atoms with Gasteiger partial charge in [-0.25, -0.2) is 0 Å². The van der Waals surface area contributed by atoms with Crippen LogP contribution in [0.5, 0.6) is 0 Å². The Morgan fingerprint density at radius 1 is 1.07 bits per heavy atom. The number of hydrogen-bond donors (Lipinski definition) is 0. The van der Waals surface area contributed by atoms with E-state index in [0.717, 1.165) is 0 Å². The van der Waals surface area contributed by atoms with Crippen molar-refractivity contribution in [3.8, 4) is 0 Å². The maximum atomic E-state index is 2.22. The van der Waals surface area contributed by atoms with Gasteiger partial charge in [0.25, 0.3) is 0 Å². The second kappa shape index (κ2) is 4.97. The molecule has 0 aliphatic rings. The Morgan fingerprint density at radius 2 is 1.67 bits per heavy atom. The molecule has 0 aliphatic heterocycles. The van der Waals surface area contributed by atoms with Gasteiger partial charge in [0, 0.05) is 0 Å². The lowest BCUT2D eigenvalue weighted by Gasteiger charge is -2.08. The molecule has 1 aromatic rings. The second-order valence-corrected chi connectivity index (χ2v) is 4.10. The number of rotatable bonds is 2. The number of aryl methyl sites for hydroxylation is 2. The van der Waals surface area contributed by atoms with Gasteiger partial charge in [-0.05, 0) is 56.9 Å². The zero-order valence-electron chi connectivity index (χ0n) is 10.4. The van der Waals surface area contributed by atoms with E-state index in [1.165, 1.54) is 27.8 Å². The van der Waals surface area contributed by atoms with E-state index in [4.69, 9.17) is 0 Å². The molecule has 0 fully saturated rings. The molecule has 0 heterocycles. The van der Waals surface area contributed by atoms with Crippen LogP contribution in [0.25, 0.3) is 6.08 Å². The van der Waals surface area contributed by atoms with Crippen LogP contribution >= 0.6 is 0 Å². The van der Waals surface area contributed by atoms with Crippen molar-refractivity contribution in [1.29, 1.82) is 0 Å². The van der Waals surface area contributed by atoms with Crippen molar-refractivity contribution in [2.75, 3.05) is 0 Å². The van der Waals surface area contributed by atoms with Crippen LogP contribution in [0.1, 0.15) is 36.1 Å². The lowest BCUT2D eigenvalue weighted by molar-refractivity contribution is 1.28. The first kappa shape index (κ1) is 11.8. The monoisotopic (exact) mass is 200 g/mol. The topological polar surface area (TPSA) is 0 Å². The number of allylic oxidation sites excluding steroid dienone is 3. The molecule has 0 aliphatic carbocycles. The Bertz CT molecular complexity index is 406. The fraction of sp³-hybridized carbons (Fsp3) is 0.333. The molecule has 0 heteroatoms. The predicted molar refractivity (Wildman–Crippen MR) is 69.1 cm³/mol. The van der Waals surface area contributed by atoms with Crippen molar-refractivity contribution in [2.45, 2.75) is 34.6 Å². The summed E-state index contributed by atoms with van der Waals surface area (Å²) >= 11 is 0. The normalized spacial score (nSPS) is 12.5. The van der Waals surface area contributed by atoms with E-state index in [-0.39, 0.29) is 0 Å². The van der Waals surface area contributed by atoms with Gasteiger partial charge in [-0.15, -0.1) is 0 Å². The third-order valence-electron chi connectivity index (χ3n) is 2.97. The molecule has 0 saturated heterocycles. The van der Waals surface area contributed by atoms with Crippen molar-refractivity contribution in [3.63, 3.8) is 0 Å². The third-order valence-corrected chi connectivity index (χ3v) is 2.97. The quantitative estimate of drug-likeness (QED) is 0.612. The largest absolute Gasteiger partial charge is 0.0847 e. The van der Waals surface area contributed by atoms with Crippen LogP contribution in [0.15, 0.2) is 29.9 Å². The minimum atomic E-state index is 1.30. The van der Waals surface area contributed by atoms with Crippen molar-refractivity contribution in [3.05, 3.63) is 52.1 Å². The lowest BCUT2D eigenvalue weighted by atomic mass is 9.97. The Morgan fingerprint density at radius 3 is 2.27 bits per heavy atom. The van der Waals surface area contributed by atoms with Crippen molar-refractivity contribution in [1.82, 2.24) is 0 Å². The van der Waals surface area contributed by atoms with Crippen LogP contribution in [0, 0.1) is 20.8 Å². The van der Waals surface area contributed by atoms with Gasteiger partial charge in [-0.2, -0.15) is 0 Å². The SMILES string of the molecule is C/C=C(C)/C=C\c1c(C)ccc(C)c1C. The van der Waals surface area contributed by atoms with Crippen molar-refractivity contribution in [2.24, 2.45) is 0 Å². The maximum Gasteiger partial charge on any atom is -0.0195 e. The summed E-state index contributed by atoms with van der Waals surface area (Å²) in [5.74, 6) is 0. The summed E-state index contributed by atoms with van der Waals surface area (Å²) in [4.78, 5) is 0. The van der Waals surface area contributed by atoms with E-state index in [1.54, 1.807) is 0 Å². The van der Waals surface area contributed by atoms with Gasteiger partial charge in [0.05, 0.1) is 0 Å². The molecule has 1 rings (SSSR count). The molecular formula is C15H20. The van der Waals surface area contributed by atoms with E-state index in [9.17, 15) is 0 Å². The van der Waals surface area contributed by atoms with Crippen LogP contribution in [0.2, 0.25) is 0 Å². The fourth-order valence-corrected chi connectivity index (χ4v) is 1.54. The minimum absolute atomic E-state index is 1.30. The maximum absolute atomic E-state index is 2.22. The van der Waals surface area contributed by atoms with E-state index in [0.29, 0.717) is 0 Å². The highest BCUT2D eigenvalue weighted by Crippen LogP contribution is 2.19. The predicted octanol–water partition coefficient (Wildman–Crippen LogP) is 4.59. The van der Waals surface area contributed by atoms with Gasteiger partial charge in [0.15, 0.2) is 0 Å². The zero-order valence-corrected chi connectivity index (χ0v) is 10.4. The highest BCUT2D eigenvalue weighted by atomic mass is 14.1. The Balaban J connectivity index is 3.15. The summed E-state index contributed by atoms with van der Waals surface area (Å²) in [5, 5.41) is 0. The fourth-order valence-electron chi connectivity index (χ4n) is 1.54. The first-order valence-corrected chi connectivity index (χ1v) is 5.44. The molecule has 0 aromatic heterocycles. The van der Waals surface area contributed by atoms with Gasteiger partial charge < -0.3 is 0 Å². The van der Waals surface area contributed by atoms with Crippen LogP contribution in [-0.2, 0) is 0 Å². The van der Waals surface area contributed by atoms with E-state index >= 15 is 0 Å². The van der Waals surface area contributed by atoms with E-state index in [1.807, 2.05) is 0 Å². The minimum Gasteiger partial charge on any atom is -0.0847 e. The molecule has 0 N–H and O–H groups in total. The first-order chi connectivity index (χ1) is 7.06. The van der Waals surface area contributed by atoms with Gasteiger partial charge in [0.2, 0.25) is 0 Å². The summed E-state index contributed by atoms with van der Waals surface area (Å²) in [6.07, 6.45) is 6.51. The molecular weight excluding hydrogens is 180 g/mol. The van der Waals surface area contributed by atoms with Crippen LogP contribution in [0.3, 0.4) is 0 Å². The molecule has 0 atom stereocenters. The van der Waals surface area contributed by atoms with Gasteiger partial charge >= 0.3 is 0 Å². The third kappa shape index (κ3) is 2.82. The zero-order chi connectivity index (χ0) is 11.4. The molecule has 0 nitrogen and oxygen atoms in total. The summed E-state index contributed by atoms with van der Waals surface area (Å²) in [7, 11) is 0. The van der Waals surface area contributed by atoms with Crippen molar-refractivity contribution < 1.29 is 0 Å². The van der Waals surface area contributed by atoms with Crippen LogP contribution < -0.4 is 0 Å². The molecule has 0 unspecified atom stereocenters. The molecule has 15 heavy (non-hydrogen) atoms. The first-order valence-electron chi connectivity index (χ1n) is 5.44. The molecule has 1 aromatic carbocycles. The molecule has 80 valence electrons. The molecule has 0 spiro atoms. The van der Waals surface area contributed by atoms with Gasteiger partial charge in [0.1, 0.15) is 0 Å². The summed E-state index contributed by atoms with van der Waals surface area (Å²) < 4.78 is 0. The number of hydrogen-bond acceptors (Lipinski definition) is 0. The van der Waals surface area contributed by atoms with Crippen LogP contribution in [-0.4, -0.2) is 0 Å². The Kier molecular flexibility index (Phi) is 3.90. The highest BCUT2D eigenvalue weighted by molar-refractivity contribution is 5.61. The number of benzene rings is 1. The second-order valence-electron chi connectivity index (χ2n) is 4.10. The molecule has 0 radical (unpaired) electrons. The molecule has 0 saturated carbocycles. The smallest absolute Gasteiger partial charge is 0.0195 e. The lowest BCUT2D eigenvalue weighted by Crippen LogP contribution is -1.89. The molecule has 0 bridgehead atoms. The van der Waals surface area contributed by atoms with Crippen molar-refractivity contribution >= 4 is 6.08 Å². The Labute approximate surface area is 93.3 Å². The highest BCUT2D eigenvalue weighted by Gasteiger charge is 2.00.